The lowest BCUT2D eigenvalue weighted by atomic mass is 10.0. The minimum absolute atomic E-state index is 0.0150. The SMILES string of the molecule is CC(C)(C)NCc1ccc(CS(=O)(=O)C2CCCCC2)o1. The summed E-state index contributed by atoms with van der Waals surface area (Å²) in [6.07, 6.45) is 4.84. The average molecular weight is 313 g/mol. The quantitative estimate of drug-likeness (QED) is 0.905. The Morgan fingerprint density at radius 3 is 2.38 bits per heavy atom. The maximum Gasteiger partial charge on any atom is 0.160 e. The molecule has 0 radical (unpaired) electrons. The molecule has 1 aliphatic rings. The molecule has 0 atom stereocenters. The zero-order chi connectivity index (χ0) is 15.5. The van der Waals surface area contributed by atoms with Crippen molar-refractivity contribution in [2.24, 2.45) is 0 Å². The largest absolute Gasteiger partial charge is 0.464 e. The molecular formula is C16H27NO3S. The predicted octanol–water partition coefficient (Wildman–Crippen LogP) is 3.42. The van der Waals surface area contributed by atoms with E-state index in [1.807, 2.05) is 6.07 Å². The van der Waals surface area contributed by atoms with E-state index in [1.165, 1.54) is 0 Å². The molecule has 0 saturated heterocycles. The van der Waals surface area contributed by atoms with Crippen molar-refractivity contribution < 1.29 is 12.8 Å². The number of rotatable bonds is 5. The van der Waals surface area contributed by atoms with Gasteiger partial charge >= 0.3 is 0 Å². The Kier molecular flexibility index (Phi) is 5.15. The summed E-state index contributed by atoms with van der Waals surface area (Å²) in [5, 5.41) is 3.16. The first-order valence-electron chi connectivity index (χ1n) is 7.80. The molecule has 120 valence electrons. The van der Waals surface area contributed by atoms with E-state index in [-0.39, 0.29) is 16.5 Å². The van der Waals surface area contributed by atoms with Crippen molar-refractivity contribution in [3.05, 3.63) is 23.7 Å². The van der Waals surface area contributed by atoms with Crippen molar-refractivity contribution in [2.75, 3.05) is 0 Å². The van der Waals surface area contributed by atoms with E-state index in [4.69, 9.17) is 4.42 Å². The molecule has 21 heavy (non-hydrogen) atoms. The van der Waals surface area contributed by atoms with Crippen molar-refractivity contribution in [3.63, 3.8) is 0 Å². The van der Waals surface area contributed by atoms with E-state index in [2.05, 4.69) is 26.1 Å². The van der Waals surface area contributed by atoms with Crippen molar-refractivity contribution >= 4 is 9.84 Å². The van der Waals surface area contributed by atoms with Crippen LogP contribution in [0.5, 0.6) is 0 Å². The van der Waals surface area contributed by atoms with Crippen LogP contribution in [0.3, 0.4) is 0 Å². The summed E-state index contributed by atoms with van der Waals surface area (Å²) in [5.74, 6) is 1.39. The molecule has 0 aromatic carbocycles. The molecule has 1 aromatic rings. The second-order valence-corrected chi connectivity index (χ2v) is 9.32. The van der Waals surface area contributed by atoms with E-state index in [0.29, 0.717) is 12.3 Å². The Morgan fingerprint density at radius 1 is 1.14 bits per heavy atom. The Bertz CT molecular complexity index is 548. The summed E-state index contributed by atoms with van der Waals surface area (Å²) >= 11 is 0. The topological polar surface area (TPSA) is 59.3 Å². The highest BCUT2D eigenvalue weighted by Crippen LogP contribution is 2.26. The van der Waals surface area contributed by atoms with Gasteiger partial charge in [0.15, 0.2) is 9.84 Å². The zero-order valence-corrected chi connectivity index (χ0v) is 14.1. The van der Waals surface area contributed by atoms with E-state index in [9.17, 15) is 8.42 Å². The van der Waals surface area contributed by atoms with Crippen LogP contribution in [0.15, 0.2) is 16.5 Å². The Labute approximate surface area is 128 Å². The zero-order valence-electron chi connectivity index (χ0n) is 13.3. The summed E-state index contributed by atoms with van der Waals surface area (Å²) in [4.78, 5) is 0. The van der Waals surface area contributed by atoms with Crippen LogP contribution in [0.1, 0.15) is 64.4 Å². The van der Waals surface area contributed by atoms with Crippen LogP contribution < -0.4 is 5.32 Å². The molecule has 0 unspecified atom stereocenters. The number of hydrogen-bond donors (Lipinski definition) is 1. The van der Waals surface area contributed by atoms with Crippen molar-refractivity contribution in [3.8, 4) is 0 Å². The third kappa shape index (κ3) is 5.15. The van der Waals surface area contributed by atoms with Gasteiger partial charge in [-0.15, -0.1) is 0 Å². The monoisotopic (exact) mass is 313 g/mol. The van der Waals surface area contributed by atoms with Gasteiger partial charge < -0.3 is 9.73 Å². The first kappa shape index (κ1) is 16.6. The molecule has 0 amide bonds. The van der Waals surface area contributed by atoms with Crippen LogP contribution >= 0.6 is 0 Å². The van der Waals surface area contributed by atoms with Crippen molar-refractivity contribution in [1.29, 1.82) is 0 Å². The summed E-state index contributed by atoms with van der Waals surface area (Å²) in [7, 11) is -3.08. The molecule has 0 aliphatic heterocycles. The van der Waals surface area contributed by atoms with Gasteiger partial charge in [-0.3, -0.25) is 0 Å². The predicted molar refractivity (Wildman–Crippen MR) is 84.8 cm³/mol. The summed E-state index contributed by atoms with van der Waals surface area (Å²) in [5.41, 5.74) is 0.0150. The van der Waals surface area contributed by atoms with Crippen molar-refractivity contribution in [2.45, 2.75) is 76.0 Å². The molecule has 5 heteroatoms. The lowest BCUT2D eigenvalue weighted by Crippen LogP contribution is -2.34. The molecule has 1 fully saturated rings. The normalized spacial score (nSPS) is 18.0. The minimum atomic E-state index is -3.08. The summed E-state index contributed by atoms with van der Waals surface area (Å²) in [6, 6.07) is 3.66. The lowest BCUT2D eigenvalue weighted by Gasteiger charge is -2.21. The van der Waals surface area contributed by atoms with Gasteiger partial charge in [0.1, 0.15) is 17.3 Å². The van der Waals surface area contributed by atoms with Gasteiger partial charge in [-0.25, -0.2) is 8.42 Å². The van der Waals surface area contributed by atoms with Gasteiger partial charge in [-0.05, 0) is 45.7 Å². The molecule has 0 bridgehead atoms. The van der Waals surface area contributed by atoms with E-state index < -0.39 is 9.84 Å². The van der Waals surface area contributed by atoms with Crippen LogP contribution in [-0.2, 0) is 22.1 Å². The maximum absolute atomic E-state index is 12.4. The van der Waals surface area contributed by atoms with Gasteiger partial charge in [-0.2, -0.15) is 0 Å². The van der Waals surface area contributed by atoms with Crippen LogP contribution in [0.25, 0.3) is 0 Å². The first-order chi connectivity index (χ1) is 9.76. The summed E-state index contributed by atoms with van der Waals surface area (Å²) in [6.45, 7) is 6.88. The molecule has 1 aromatic heterocycles. The minimum Gasteiger partial charge on any atom is -0.464 e. The third-order valence-corrected chi connectivity index (χ3v) is 6.09. The Hall–Kier alpha value is -0.810. The van der Waals surface area contributed by atoms with E-state index in [0.717, 1.165) is 37.9 Å². The molecule has 1 aliphatic carbocycles. The smallest absolute Gasteiger partial charge is 0.160 e. The Morgan fingerprint density at radius 2 is 1.76 bits per heavy atom. The standard InChI is InChI=1S/C16H27NO3S/c1-16(2,3)17-11-13-9-10-14(20-13)12-21(18,19)15-7-5-4-6-8-15/h9-10,15,17H,4-8,11-12H2,1-3H3. The van der Waals surface area contributed by atoms with Gasteiger partial charge in [0.05, 0.1) is 11.8 Å². The average Bonchev–Trinajstić information content (AvgIpc) is 2.84. The van der Waals surface area contributed by atoms with Crippen LogP contribution in [-0.4, -0.2) is 19.2 Å². The van der Waals surface area contributed by atoms with Gasteiger partial charge in [0.2, 0.25) is 0 Å². The second-order valence-electron chi connectivity index (χ2n) is 7.04. The molecule has 1 N–H and O–H groups in total. The fourth-order valence-corrected chi connectivity index (χ4v) is 4.53. The number of nitrogens with one attached hydrogen (secondary N) is 1. The fourth-order valence-electron chi connectivity index (χ4n) is 2.69. The first-order valence-corrected chi connectivity index (χ1v) is 9.52. The molecule has 4 nitrogen and oxygen atoms in total. The number of furan rings is 1. The Balaban J connectivity index is 1.95. The molecule has 0 spiro atoms. The molecule has 1 heterocycles. The molecular weight excluding hydrogens is 286 g/mol. The molecule has 2 rings (SSSR count). The van der Waals surface area contributed by atoms with Crippen LogP contribution in [0.2, 0.25) is 0 Å². The van der Waals surface area contributed by atoms with Gasteiger partial charge in [-0.1, -0.05) is 19.3 Å². The van der Waals surface area contributed by atoms with Crippen LogP contribution in [0.4, 0.5) is 0 Å². The van der Waals surface area contributed by atoms with Gasteiger partial charge in [0, 0.05) is 5.54 Å². The highest BCUT2D eigenvalue weighted by molar-refractivity contribution is 7.91. The van der Waals surface area contributed by atoms with Crippen molar-refractivity contribution in [1.82, 2.24) is 5.32 Å². The van der Waals surface area contributed by atoms with Gasteiger partial charge in [0.25, 0.3) is 0 Å². The lowest BCUT2D eigenvalue weighted by molar-refractivity contribution is 0.381. The summed E-state index contributed by atoms with van der Waals surface area (Å²) < 4.78 is 30.5. The van der Waals surface area contributed by atoms with E-state index in [1.54, 1.807) is 6.07 Å². The second kappa shape index (κ2) is 6.53. The third-order valence-electron chi connectivity index (χ3n) is 3.91. The number of hydrogen-bond acceptors (Lipinski definition) is 4. The molecule has 1 saturated carbocycles. The fraction of sp³-hybridized carbons (Fsp3) is 0.750. The highest BCUT2D eigenvalue weighted by Gasteiger charge is 2.28. The maximum atomic E-state index is 12.4. The van der Waals surface area contributed by atoms with E-state index >= 15 is 0 Å². The highest BCUT2D eigenvalue weighted by atomic mass is 32.2. The number of sulfone groups is 1. The van der Waals surface area contributed by atoms with Crippen LogP contribution in [0, 0.1) is 0 Å².